The van der Waals surface area contributed by atoms with Gasteiger partial charge in [0.15, 0.2) is 0 Å². The van der Waals surface area contributed by atoms with Crippen LogP contribution in [0.3, 0.4) is 0 Å². The van der Waals surface area contributed by atoms with Gasteiger partial charge < -0.3 is 5.32 Å². The molecule has 0 fully saturated rings. The van der Waals surface area contributed by atoms with Crippen LogP contribution in [0.5, 0.6) is 0 Å². The van der Waals surface area contributed by atoms with Crippen molar-refractivity contribution < 1.29 is 0 Å². The van der Waals surface area contributed by atoms with E-state index < -0.39 is 0 Å². The maximum Gasteiger partial charge on any atom is 0.137 e. The second-order valence-corrected chi connectivity index (χ2v) is 3.86. The van der Waals surface area contributed by atoms with E-state index in [9.17, 15) is 0 Å². The molecule has 0 saturated carbocycles. The van der Waals surface area contributed by atoms with Gasteiger partial charge >= 0.3 is 0 Å². The monoisotopic (exact) mass is 210 g/mol. The normalized spacial score (nSPS) is 12.9. The molecule has 0 aliphatic rings. The zero-order valence-electron chi connectivity index (χ0n) is 9.82. The highest BCUT2D eigenvalue weighted by Crippen LogP contribution is 2.03. The Hall–Kier alpha value is -0.900. The van der Waals surface area contributed by atoms with Gasteiger partial charge in [-0.1, -0.05) is 26.7 Å². The molecule has 1 heterocycles. The SMILES string of the molecule is CCCCC(CC)NCCn1cncn1. The van der Waals surface area contributed by atoms with Gasteiger partial charge in [-0.25, -0.2) is 4.98 Å². The Balaban J connectivity index is 2.11. The molecule has 1 rings (SSSR count). The Morgan fingerprint density at radius 3 is 2.87 bits per heavy atom. The van der Waals surface area contributed by atoms with Crippen molar-refractivity contribution in [2.24, 2.45) is 0 Å². The molecule has 15 heavy (non-hydrogen) atoms. The fourth-order valence-electron chi connectivity index (χ4n) is 1.63. The predicted molar refractivity (Wildman–Crippen MR) is 61.6 cm³/mol. The first-order chi connectivity index (χ1) is 7.36. The molecular weight excluding hydrogens is 188 g/mol. The first-order valence-electron chi connectivity index (χ1n) is 5.92. The van der Waals surface area contributed by atoms with Gasteiger partial charge in [0.2, 0.25) is 0 Å². The number of rotatable bonds is 8. The average molecular weight is 210 g/mol. The van der Waals surface area contributed by atoms with E-state index >= 15 is 0 Å². The fraction of sp³-hybridized carbons (Fsp3) is 0.818. The molecule has 1 aromatic rings. The predicted octanol–water partition coefficient (Wildman–Crippen LogP) is 1.84. The number of hydrogen-bond donors (Lipinski definition) is 1. The van der Waals surface area contributed by atoms with Crippen LogP contribution >= 0.6 is 0 Å². The van der Waals surface area contributed by atoms with Crippen molar-refractivity contribution in [1.29, 1.82) is 0 Å². The molecule has 0 amide bonds. The van der Waals surface area contributed by atoms with Gasteiger partial charge in [0.05, 0.1) is 6.54 Å². The topological polar surface area (TPSA) is 42.7 Å². The second-order valence-electron chi connectivity index (χ2n) is 3.86. The van der Waals surface area contributed by atoms with Crippen LogP contribution in [0.4, 0.5) is 0 Å². The maximum atomic E-state index is 4.07. The van der Waals surface area contributed by atoms with E-state index in [0.29, 0.717) is 6.04 Å². The lowest BCUT2D eigenvalue weighted by molar-refractivity contribution is 0.431. The van der Waals surface area contributed by atoms with E-state index in [2.05, 4.69) is 29.2 Å². The number of nitrogens with zero attached hydrogens (tertiary/aromatic N) is 3. The lowest BCUT2D eigenvalue weighted by Gasteiger charge is -2.16. The van der Waals surface area contributed by atoms with Gasteiger partial charge in [0.1, 0.15) is 12.7 Å². The molecule has 1 unspecified atom stereocenters. The molecule has 0 radical (unpaired) electrons. The van der Waals surface area contributed by atoms with Crippen molar-refractivity contribution in [3.05, 3.63) is 12.7 Å². The van der Waals surface area contributed by atoms with E-state index in [-0.39, 0.29) is 0 Å². The van der Waals surface area contributed by atoms with Gasteiger partial charge in [0.25, 0.3) is 0 Å². The number of aromatic nitrogens is 3. The zero-order valence-corrected chi connectivity index (χ0v) is 9.82. The number of hydrogen-bond acceptors (Lipinski definition) is 3. The molecule has 1 N–H and O–H groups in total. The van der Waals surface area contributed by atoms with Crippen LogP contribution in [0.2, 0.25) is 0 Å². The first-order valence-corrected chi connectivity index (χ1v) is 5.92. The Morgan fingerprint density at radius 1 is 1.40 bits per heavy atom. The van der Waals surface area contributed by atoms with Crippen LogP contribution in [-0.2, 0) is 6.54 Å². The van der Waals surface area contributed by atoms with Crippen LogP contribution in [0, 0.1) is 0 Å². The lowest BCUT2D eigenvalue weighted by atomic mass is 10.1. The molecule has 4 heteroatoms. The van der Waals surface area contributed by atoms with E-state index in [4.69, 9.17) is 0 Å². The Morgan fingerprint density at radius 2 is 2.27 bits per heavy atom. The Kier molecular flexibility index (Phi) is 6.00. The number of unbranched alkanes of at least 4 members (excludes halogenated alkanes) is 1. The highest BCUT2D eigenvalue weighted by atomic mass is 15.3. The van der Waals surface area contributed by atoms with Crippen LogP contribution in [0.1, 0.15) is 39.5 Å². The fourth-order valence-corrected chi connectivity index (χ4v) is 1.63. The summed E-state index contributed by atoms with van der Waals surface area (Å²) >= 11 is 0. The van der Waals surface area contributed by atoms with E-state index in [0.717, 1.165) is 13.1 Å². The van der Waals surface area contributed by atoms with E-state index in [1.54, 1.807) is 12.7 Å². The highest BCUT2D eigenvalue weighted by Gasteiger charge is 2.03. The summed E-state index contributed by atoms with van der Waals surface area (Å²) < 4.78 is 1.86. The molecular formula is C11H22N4. The van der Waals surface area contributed by atoms with E-state index in [1.165, 1.54) is 25.7 Å². The zero-order chi connectivity index (χ0) is 10.9. The average Bonchev–Trinajstić information content (AvgIpc) is 2.76. The summed E-state index contributed by atoms with van der Waals surface area (Å²) in [6.07, 6.45) is 8.42. The van der Waals surface area contributed by atoms with Crippen LogP contribution in [0.25, 0.3) is 0 Å². The first kappa shape index (κ1) is 12.2. The third-order valence-electron chi connectivity index (χ3n) is 2.64. The van der Waals surface area contributed by atoms with Crippen LogP contribution in [0.15, 0.2) is 12.7 Å². The molecule has 1 atom stereocenters. The van der Waals surface area contributed by atoms with Gasteiger partial charge in [-0.2, -0.15) is 5.10 Å². The third-order valence-corrected chi connectivity index (χ3v) is 2.64. The summed E-state index contributed by atoms with van der Waals surface area (Å²) in [5.41, 5.74) is 0. The summed E-state index contributed by atoms with van der Waals surface area (Å²) in [5.74, 6) is 0. The van der Waals surface area contributed by atoms with Crippen molar-refractivity contribution in [1.82, 2.24) is 20.1 Å². The highest BCUT2D eigenvalue weighted by molar-refractivity contribution is 4.65. The minimum Gasteiger partial charge on any atom is -0.312 e. The Labute approximate surface area is 92.1 Å². The van der Waals surface area contributed by atoms with Crippen molar-refractivity contribution in [2.45, 2.75) is 52.1 Å². The molecule has 0 saturated heterocycles. The Bertz CT molecular complexity index is 233. The van der Waals surface area contributed by atoms with Crippen LogP contribution in [-0.4, -0.2) is 27.4 Å². The molecule has 86 valence electrons. The van der Waals surface area contributed by atoms with Crippen LogP contribution < -0.4 is 5.32 Å². The summed E-state index contributed by atoms with van der Waals surface area (Å²) in [4.78, 5) is 3.91. The smallest absolute Gasteiger partial charge is 0.137 e. The summed E-state index contributed by atoms with van der Waals surface area (Å²) in [6.45, 7) is 6.36. The molecule has 0 aliphatic carbocycles. The van der Waals surface area contributed by atoms with Gasteiger partial charge in [-0.05, 0) is 12.8 Å². The molecule has 1 aromatic heterocycles. The summed E-state index contributed by atoms with van der Waals surface area (Å²) in [7, 11) is 0. The largest absolute Gasteiger partial charge is 0.312 e. The maximum absolute atomic E-state index is 4.07. The minimum absolute atomic E-state index is 0.661. The molecule has 0 spiro atoms. The lowest BCUT2D eigenvalue weighted by Crippen LogP contribution is -2.31. The van der Waals surface area contributed by atoms with Crippen molar-refractivity contribution in [3.8, 4) is 0 Å². The van der Waals surface area contributed by atoms with Gasteiger partial charge in [-0.15, -0.1) is 0 Å². The number of nitrogens with one attached hydrogen (secondary N) is 1. The van der Waals surface area contributed by atoms with Crippen molar-refractivity contribution in [3.63, 3.8) is 0 Å². The van der Waals surface area contributed by atoms with Gasteiger partial charge in [0, 0.05) is 12.6 Å². The molecule has 4 nitrogen and oxygen atoms in total. The molecule has 0 bridgehead atoms. The van der Waals surface area contributed by atoms with Gasteiger partial charge in [-0.3, -0.25) is 4.68 Å². The molecule has 0 aromatic carbocycles. The van der Waals surface area contributed by atoms with E-state index in [1.807, 2.05) is 4.68 Å². The standard InChI is InChI=1S/C11H22N4/c1-3-5-6-11(4-2)13-7-8-15-10-12-9-14-15/h9-11,13H,3-8H2,1-2H3. The summed E-state index contributed by atoms with van der Waals surface area (Å²) in [5, 5.41) is 7.62. The van der Waals surface area contributed by atoms with Crippen molar-refractivity contribution >= 4 is 0 Å². The molecule has 0 aliphatic heterocycles. The quantitative estimate of drug-likeness (QED) is 0.712. The summed E-state index contributed by atoms with van der Waals surface area (Å²) in [6, 6.07) is 0.661. The second kappa shape index (κ2) is 7.40. The van der Waals surface area contributed by atoms with Crippen molar-refractivity contribution in [2.75, 3.05) is 6.54 Å². The third kappa shape index (κ3) is 4.93. The minimum atomic E-state index is 0.661.